The number of carbonyl (C=O) groups is 1. The van der Waals surface area contributed by atoms with Crippen LogP contribution in [0.25, 0.3) is 0 Å². The Morgan fingerprint density at radius 2 is 0.909 bits per heavy atom. The zero-order valence-electron chi connectivity index (χ0n) is 23.1. The number of quaternary nitrogens is 1. The Morgan fingerprint density at radius 3 is 1.06 bits per heavy atom. The van der Waals surface area contributed by atoms with Crippen molar-refractivity contribution >= 4 is 5.97 Å². The number of aliphatic hydroxyl groups excluding tert-OH is 1. The van der Waals surface area contributed by atoms with Crippen molar-refractivity contribution in [3.05, 3.63) is 0 Å². The van der Waals surface area contributed by atoms with E-state index < -0.39 is 18.1 Å². The molecule has 0 amide bonds. The Bertz CT molecular complexity index is 362. The zero-order valence-corrected chi connectivity index (χ0v) is 23.1. The number of aliphatic hydroxyl groups is 1. The minimum atomic E-state index is -1.18. The van der Waals surface area contributed by atoms with Gasteiger partial charge in [0.1, 0.15) is 6.04 Å². The molecule has 200 valence electrons. The molecular weight excluding hydrogens is 412 g/mol. The molecule has 0 saturated heterocycles. The Labute approximate surface area is 207 Å². The van der Waals surface area contributed by atoms with Gasteiger partial charge in [-0.2, -0.15) is 0 Å². The highest BCUT2D eigenvalue weighted by Crippen LogP contribution is 2.19. The molecule has 0 aromatic carbocycles. The van der Waals surface area contributed by atoms with Crippen LogP contribution in [0.2, 0.25) is 0 Å². The molecule has 0 rings (SSSR count). The molecule has 0 aromatic heterocycles. The largest absolute Gasteiger partial charge is 0.480 e. The van der Waals surface area contributed by atoms with Crippen LogP contribution >= 0.6 is 0 Å². The lowest BCUT2D eigenvalue weighted by Crippen LogP contribution is -2.50. The topological polar surface area (TPSA) is 83.5 Å². The van der Waals surface area contributed by atoms with E-state index in [1.54, 1.807) is 0 Å². The van der Waals surface area contributed by atoms with Gasteiger partial charge in [0.25, 0.3) is 0 Å². The molecule has 0 fully saturated rings. The molecule has 0 unspecified atom stereocenters. The summed E-state index contributed by atoms with van der Waals surface area (Å²) in [5, 5.41) is 16.6. The Kier molecular flexibility index (Phi) is 25.6. The maximum Gasteiger partial charge on any atom is 0.323 e. The number of rotatable bonds is 22. The maximum atomic E-state index is 9.86. The van der Waals surface area contributed by atoms with Crippen molar-refractivity contribution in [3.8, 4) is 0 Å². The van der Waals surface area contributed by atoms with Crippen molar-refractivity contribution in [2.45, 2.75) is 149 Å². The SMILES string of the molecule is CCCCCC[N+](CCCCCC)(CCCCCC)CCCCCC.C[C@@H](O)[C@H](N)C(=O)O. The first-order valence-corrected chi connectivity index (χ1v) is 14.3. The molecule has 2 atom stereocenters. The number of nitrogens with zero attached hydrogens (tertiary/aromatic N) is 1. The third-order valence-corrected chi connectivity index (χ3v) is 6.75. The number of aliphatic carboxylic acids is 1. The predicted octanol–water partition coefficient (Wildman–Crippen LogP) is 6.90. The molecule has 0 aliphatic rings. The number of nitrogens with two attached hydrogens (primary N) is 1. The highest BCUT2D eigenvalue weighted by atomic mass is 16.4. The van der Waals surface area contributed by atoms with Crippen LogP contribution in [0.1, 0.15) is 137 Å². The summed E-state index contributed by atoms with van der Waals surface area (Å²) in [6.07, 6.45) is 21.9. The number of hydrogen-bond donors (Lipinski definition) is 3. The second-order valence-electron chi connectivity index (χ2n) is 10.1. The van der Waals surface area contributed by atoms with Gasteiger partial charge in [0.15, 0.2) is 0 Å². The Morgan fingerprint density at radius 1 is 0.636 bits per heavy atom. The first-order chi connectivity index (χ1) is 15.8. The van der Waals surface area contributed by atoms with Crippen molar-refractivity contribution in [1.82, 2.24) is 0 Å². The Balaban J connectivity index is 0. The molecule has 0 radical (unpaired) electrons. The minimum Gasteiger partial charge on any atom is -0.480 e. The van der Waals surface area contributed by atoms with E-state index >= 15 is 0 Å². The molecule has 5 nitrogen and oxygen atoms in total. The Hall–Kier alpha value is -0.650. The molecule has 0 aliphatic heterocycles. The van der Waals surface area contributed by atoms with Crippen LogP contribution in [0.3, 0.4) is 0 Å². The molecule has 0 heterocycles. The van der Waals surface area contributed by atoms with Gasteiger partial charge in [0.05, 0.1) is 32.3 Å². The summed E-state index contributed by atoms with van der Waals surface area (Å²) in [5.74, 6) is -1.18. The fourth-order valence-corrected chi connectivity index (χ4v) is 4.37. The van der Waals surface area contributed by atoms with E-state index in [0.29, 0.717) is 0 Å². The fourth-order valence-electron chi connectivity index (χ4n) is 4.37. The molecule has 0 aliphatic carbocycles. The average Bonchev–Trinajstić information content (AvgIpc) is 2.80. The highest BCUT2D eigenvalue weighted by Gasteiger charge is 2.25. The lowest BCUT2D eigenvalue weighted by atomic mass is 10.1. The van der Waals surface area contributed by atoms with Gasteiger partial charge >= 0.3 is 5.97 Å². The summed E-state index contributed by atoms with van der Waals surface area (Å²) in [4.78, 5) is 9.86. The van der Waals surface area contributed by atoms with Crippen LogP contribution in [0, 0.1) is 0 Å². The summed E-state index contributed by atoms with van der Waals surface area (Å²) >= 11 is 0. The molecule has 0 saturated carbocycles. The first kappa shape index (κ1) is 34.5. The molecule has 0 bridgehead atoms. The molecule has 33 heavy (non-hydrogen) atoms. The second-order valence-corrected chi connectivity index (χ2v) is 10.1. The molecule has 5 heteroatoms. The number of unbranched alkanes of at least 4 members (excludes halogenated alkanes) is 12. The monoisotopic (exact) mass is 473 g/mol. The van der Waals surface area contributed by atoms with Crippen molar-refractivity contribution < 1.29 is 19.5 Å². The maximum absolute atomic E-state index is 9.86. The van der Waals surface area contributed by atoms with Crippen LogP contribution in [0.4, 0.5) is 0 Å². The minimum absolute atomic E-state index is 0.979. The summed E-state index contributed by atoms with van der Waals surface area (Å²) in [6.45, 7) is 16.5. The first-order valence-electron chi connectivity index (χ1n) is 14.3. The number of carboxylic acid groups (broad SMARTS) is 1. The van der Waals surface area contributed by atoms with E-state index in [0.717, 1.165) is 0 Å². The van der Waals surface area contributed by atoms with Gasteiger partial charge < -0.3 is 20.4 Å². The standard InChI is InChI=1S/C24H52N.C4H9NO3/c1-5-9-13-17-21-25(22-18-14-10-6-2,23-19-15-11-7-3)24-20-16-12-8-4;1-2(6)3(5)4(7)8/h5-24H2,1-4H3;2-3,6H,5H2,1H3,(H,7,8)/q+1;/t;2-,3+/m.1/s1. The van der Waals surface area contributed by atoms with E-state index in [9.17, 15) is 4.79 Å². The van der Waals surface area contributed by atoms with Crippen molar-refractivity contribution in [2.24, 2.45) is 5.73 Å². The van der Waals surface area contributed by atoms with Gasteiger partial charge in [-0.3, -0.25) is 4.79 Å². The van der Waals surface area contributed by atoms with E-state index in [2.05, 4.69) is 27.7 Å². The van der Waals surface area contributed by atoms with Gasteiger partial charge in [-0.1, -0.05) is 79.1 Å². The highest BCUT2D eigenvalue weighted by molar-refractivity contribution is 5.73. The van der Waals surface area contributed by atoms with E-state index in [-0.39, 0.29) is 0 Å². The van der Waals surface area contributed by atoms with Gasteiger partial charge in [0.2, 0.25) is 0 Å². The predicted molar refractivity (Wildman–Crippen MR) is 144 cm³/mol. The van der Waals surface area contributed by atoms with Crippen LogP contribution in [-0.2, 0) is 4.79 Å². The van der Waals surface area contributed by atoms with Crippen molar-refractivity contribution in [2.75, 3.05) is 26.2 Å². The molecule has 4 N–H and O–H groups in total. The van der Waals surface area contributed by atoms with E-state index in [4.69, 9.17) is 15.9 Å². The number of hydrogen-bond acceptors (Lipinski definition) is 3. The molecule has 0 spiro atoms. The van der Waals surface area contributed by atoms with Gasteiger partial charge in [-0.05, 0) is 58.3 Å². The summed E-state index contributed by atoms with van der Waals surface area (Å²) < 4.78 is 1.46. The summed E-state index contributed by atoms with van der Waals surface area (Å²) in [5.41, 5.74) is 4.91. The van der Waals surface area contributed by atoms with Gasteiger partial charge in [-0.15, -0.1) is 0 Å². The third-order valence-electron chi connectivity index (χ3n) is 6.75. The zero-order chi connectivity index (χ0) is 25.4. The van der Waals surface area contributed by atoms with Crippen LogP contribution in [0.15, 0.2) is 0 Å². The lowest BCUT2D eigenvalue weighted by Gasteiger charge is -2.39. The van der Waals surface area contributed by atoms with Crippen molar-refractivity contribution in [1.29, 1.82) is 0 Å². The van der Waals surface area contributed by atoms with Gasteiger partial charge in [-0.25, -0.2) is 0 Å². The smallest absolute Gasteiger partial charge is 0.323 e. The summed E-state index contributed by atoms with van der Waals surface area (Å²) in [7, 11) is 0. The van der Waals surface area contributed by atoms with Gasteiger partial charge in [0, 0.05) is 0 Å². The lowest BCUT2D eigenvalue weighted by molar-refractivity contribution is -0.929. The van der Waals surface area contributed by atoms with E-state index in [1.165, 1.54) is 140 Å². The van der Waals surface area contributed by atoms with Crippen LogP contribution in [-0.4, -0.2) is 59.0 Å². The quantitative estimate of drug-likeness (QED) is 0.118. The van der Waals surface area contributed by atoms with E-state index in [1.807, 2.05) is 0 Å². The molecular formula is C28H61N2O3+. The third kappa shape index (κ3) is 21.6. The van der Waals surface area contributed by atoms with Crippen LogP contribution < -0.4 is 5.73 Å². The van der Waals surface area contributed by atoms with Crippen molar-refractivity contribution in [3.63, 3.8) is 0 Å². The average molecular weight is 474 g/mol. The summed E-state index contributed by atoms with van der Waals surface area (Å²) in [6, 6.07) is -1.16. The second kappa shape index (κ2) is 24.5. The fraction of sp³-hybridized carbons (Fsp3) is 0.964. The van der Waals surface area contributed by atoms with Crippen LogP contribution in [0.5, 0.6) is 0 Å². The number of carboxylic acids is 1. The molecule has 0 aromatic rings. The normalized spacial score (nSPS) is 13.3.